The molecule has 0 radical (unpaired) electrons. The molecular formula is C18H28O. The van der Waals surface area contributed by atoms with Gasteiger partial charge in [-0.25, -0.2) is 0 Å². The predicted molar refractivity (Wildman–Crippen MR) is 81.3 cm³/mol. The molecule has 1 aliphatic rings. The van der Waals surface area contributed by atoms with Gasteiger partial charge in [0.25, 0.3) is 0 Å². The minimum Gasteiger partial charge on any atom is -0.388 e. The molecule has 1 aromatic rings. The van der Waals surface area contributed by atoms with Crippen molar-refractivity contribution in [2.45, 2.75) is 70.8 Å². The van der Waals surface area contributed by atoms with Gasteiger partial charge in [0.2, 0.25) is 0 Å². The van der Waals surface area contributed by atoms with Crippen LogP contribution in [0.3, 0.4) is 0 Å². The molecule has 1 heteroatoms. The molecule has 0 amide bonds. The Morgan fingerprint density at radius 3 is 2.11 bits per heavy atom. The van der Waals surface area contributed by atoms with Crippen LogP contribution in [0, 0.1) is 5.92 Å². The summed E-state index contributed by atoms with van der Waals surface area (Å²) in [6.45, 7) is 4.32. The third-order valence-electron chi connectivity index (χ3n) is 4.85. The Bertz CT molecular complexity index is 358. The molecule has 1 saturated carbocycles. The molecule has 0 bridgehead atoms. The van der Waals surface area contributed by atoms with Gasteiger partial charge in [-0.1, -0.05) is 70.2 Å². The SMILES string of the molecule is CCC(CC)C(O)c1ccc(C2CCCCC2)cc1. The first-order valence-corrected chi connectivity index (χ1v) is 8.04. The van der Waals surface area contributed by atoms with Gasteiger partial charge in [0.05, 0.1) is 6.10 Å². The molecule has 1 unspecified atom stereocenters. The van der Waals surface area contributed by atoms with E-state index in [4.69, 9.17) is 0 Å². The Morgan fingerprint density at radius 1 is 1.00 bits per heavy atom. The maximum absolute atomic E-state index is 10.4. The summed E-state index contributed by atoms with van der Waals surface area (Å²) < 4.78 is 0. The van der Waals surface area contributed by atoms with Crippen LogP contribution < -0.4 is 0 Å². The Labute approximate surface area is 118 Å². The Balaban J connectivity index is 2.04. The highest BCUT2D eigenvalue weighted by molar-refractivity contribution is 5.27. The number of hydrogen-bond donors (Lipinski definition) is 1. The van der Waals surface area contributed by atoms with Crippen LogP contribution in [0.2, 0.25) is 0 Å². The summed E-state index contributed by atoms with van der Waals surface area (Å²) in [6, 6.07) is 8.79. The topological polar surface area (TPSA) is 20.2 Å². The van der Waals surface area contributed by atoms with Crippen molar-refractivity contribution in [1.82, 2.24) is 0 Å². The highest BCUT2D eigenvalue weighted by Gasteiger charge is 2.19. The van der Waals surface area contributed by atoms with Crippen LogP contribution in [0.1, 0.15) is 81.9 Å². The van der Waals surface area contributed by atoms with E-state index in [1.165, 1.54) is 37.7 Å². The zero-order chi connectivity index (χ0) is 13.7. The van der Waals surface area contributed by atoms with Crippen LogP contribution in [0.15, 0.2) is 24.3 Å². The smallest absolute Gasteiger partial charge is 0.0818 e. The molecule has 0 spiro atoms. The van der Waals surface area contributed by atoms with E-state index in [1.807, 2.05) is 0 Å². The second-order valence-electron chi connectivity index (χ2n) is 6.02. The minimum absolute atomic E-state index is 0.296. The van der Waals surface area contributed by atoms with Gasteiger partial charge in [0, 0.05) is 0 Å². The Morgan fingerprint density at radius 2 is 1.58 bits per heavy atom. The zero-order valence-electron chi connectivity index (χ0n) is 12.4. The fourth-order valence-electron chi connectivity index (χ4n) is 3.41. The summed E-state index contributed by atoms with van der Waals surface area (Å²) >= 11 is 0. The van der Waals surface area contributed by atoms with Crippen LogP contribution in [0.25, 0.3) is 0 Å². The fourth-order valence-corrected chi connectivity index (χ4v) is 3.41. The molecule has 0 heterocycles. The molecule has 19 heavy (non-hydrogen) atoms. The van der Waals surface area contributed by atoms with E-state index < -0.39 is 0 Å². The first-order valence-electron chi connectivity index (χ1n) is 8.04. The number of aliphatic hydroxyl groups is 1. The Hall–Kier alpha value is -0.820. The van der Waals surface area contributed by atoms with Crippen LogP contribution in [-0.4, -0.2) is 5.11 Å². The molecule has 1 fully saturated rings. The van der Waals surface area contributed by atoms with Crippen LogP contribution in [0.5, 0.6) is 0 Å². The molecule has 0 saturated heterocycles. The van der Waals surface area contributed by atoms with Crippen molar-refractivity contribution in [3.63, 3.8) is 0 Å². The number of benzene rings is 1. The summed E-state index contributed by atoms with van der Waals surface area (Å²) in [5, 5.41) is 10.4. The number of aliphatic hydroxyl groups excluding tert-OH is 1. The van der Waals surface area contributed by atoms with E-state index in [2.05, 4.69) is 38.1 Å². The lowest BCUT2D eigenvalue weighted by molar-refractivity contribution is 0.103. The molecule has 1 N–H and O–H groups in total. The van der Waals surface area contributed by atoms with E-state index in [1.54, 1.807) is 0 Å². The molecule has 2 rings (SSSR count). The summed E-state index contributed by atoms with van der Waals surface area (Å²) in [5.74, 6) is 1.15. The van der Waals surface area contributed by atoms with Crippen molar-refractivity contribution in [3.8, 4) is 0 Å². The highest BCUT2D eigenvalue weighted by atomic mass is 16.3. The first kappa shape index (κ1) is 14.6. The Kier molecular flexibility index (Phi) is 5.45. The lowest BCUT2D eigenvalue weighted by atomic mass is 9.83. The summed E-state index contributed by atoms with van der Waals surface area (Å²) in [4.78, 5) is 0. The minimum atomic E-state index is -0.296. The molecule has 1 atom stereocenters. The van der Waals surface area contributed by atoms with Crippen LogP contribution in [-0.2, 0) is 0 Å². The van der Waals surface area contributed by atoms with Crippen molar-refractivity contribution in [2.24, 2.45) is 5.92 Å². The third kappa shape index (κ3) is 3.60. The largest absolute Gasteiger partial charge is 0.388 e. The van der Waals surface area contributed by atoms with Gasteiger partial charge >= 0.3 is 0 Å². The average molecular weight is 260 g/mol. The standard InChI is InChI=1S/C18H28O/c1-3-14(4-2)18(19)17-12-10-16(11-13-17)15-8-6-5-7-9-15/h10-15,18-19H,3-9H2,1-2H3. The third-order valence-corrected chi connectivity index (χ3v) is 4.85. The normalized spacial score (nSPS) is 18.7. The summed E-state index contributed by atoms with van der Waals surface area (Å²) in [5.41, 5.74) is 2.56. The lowest BCUT2D eigenvalue weighted by Gasteiger charge is -2.24. The van der Waals surface area contributed by atoms with Crippen molar-refractivity contribution in [3.05, 3.63) is 35.4 Å². The first-order chi connectivity index (χ1) is 9.26. The van der Waals surface area contributed by atoms with Gasteiger partial charge in [-0.3, -0.25) is 0 Å². The quantitative estimate of drug-likeness (QED) is 0.771. The zero-order valence-corrected chi connectivity index (χ0v) is 12.4. The van der Waals surface area contributed by atoms with Crippen molar-refractivity contribution >= 4 is 0 Å². The molecule has 0 aliphatic heterocycles. The van der Waals surface area contributed by atoms with Crippen LogP contribution in [0.4, 0.5) is 0 Å². The summed E-state index contributed by atoms with van der Waals surface area (Å²) in [6.07, 6.45) is 8.64. The van der Waals surface area contributed by atoms with E-state index >= 15 is 0 Å². The second-order valence-corrected chi connectivity index (χ2v) is 6.02. The van der Waals surface area contributed by atoms with E-state index in [-0.39, 0.29) is 6.10 Å². The fraction of sp³-hybridized carbons (Fsp3) is 0.667. The van der Waals surface area contributed by atoms with Gasteiger partial charge in [-0.15, -0.1) is 0 Å². The molecule has 1 aromatic carbocycles. The monoisotopic (exact) mass is 260 g/mol. The van der Waals surface area contributed by atoms with E-state index in [0.29, 0.717) is 5.92 Å². The van der Waals surface area contributed by atoms with E-state index in [9.17, 15) is 5.11 Å². The molecule has 1 aliphatic carbocycles. The maximum atomic E-state index is 10.4. The number of rotatable bonds is 5. The molecule has 1 nitrogen and oxygen atoms in total. The molecule has 106 valence electrons. The lowest BCUT2D eigenvalue weighted by Crippen LogP contribution is -2.11. The van der Waals surface area contributed by atoms with Gasteiger partial charge in [-0.2, -0.15) is 0 Å². The maximum Gasteiger partial charge on any atom is 0.0818 e. The van der Waals surface area contributed by atoms with Gasteiger partial charge in [0.15, 0.2) is 0 Å². The molecular weight excluding hydrogens is 232 g/mol. The average Bonchev–Trinajstić information content (AvgIpc) is 2.49. The predicted octanol–water partition coefficient (Wildman–Crippen LogP) is 5.20. The van der Waals surface area contributed by atoms with Gasteiger partial charge < -0.3 is 5.11 Å². The van der Waals surface area contributed by atoms with Gasteiger partial charge in [0.1, 0.15) is 0 Å². The van der Waals surface area contributed by atoms with Crippen molar-refractivity contribution in [2.75, 3.05) is 0 Å². The highest BCUT2D eigenvalue weighted by Crippen LogP contribution is 2.34. The number of hydrogen-bond acceptors (Lipinski definition) is 1. The van der Waals surface area contributed by atoms with Gasteiger partial charge in [-0.05, 0) is 35.8 Å². The summed E-state index contributed by atoms with van der Waals surface area (Å²) in [7, 11) is 0. The molecule has 0 aromatic heterocycles. The van der Waals surface area contributed by atoms with Crippen molar-refractivity contribution in [1.29, 1.82) is 0 Å². The second kappa shape index (κ2) is 7.09. The van der Waals surface area contributed by atoms with Crippen molar-refractivity contribution < 1.29 is 5.11 Å². The van der Waals surface area contributed by atoms with E-state index in [0.717, 1.165) is 24.3 Å². The van der Waals surface area contributed by atoms with Crippen LogP contribution >= 0.6 is 0 Å².